The fraction of sp³-hybridized carbons (Fsp3) is 0.182. The summed E-state index contributed by atoms with van der Waals surface area (Å²) in [5.41, 5.74) is 0.782. The van der Waals surface area contributed by atoms with Gasteiger partial charge in [0.25, 0.3) is 5.91 Å². The molecule has 0 N–H and O–H groups in total. The number of benzene rings is 2. The number of ether oxygens (including phenoxy) is 3. The summed E-state index contributed by atoms with van der Waals surface area (Å²) in [7, 11) is 1.61. The highest BCUT2D eigenvalue weighted by atomic mass is 79.9. The molecule has 1 fully saturated rings. The fourth-order valence-electron chi connectivity index (χ4n) is 2.69. The van der Waals surface area contributed by atoms with Crippen molar-refractivity contribution in [3.8, 4) is 17.2 Å². The molecule has 0 aromatic heterocycles. The Morgan fingerprint density at radius 1 is 1.17 bits per heavy atom. The lowest BCUT2D eigenvalue weighted by Gasteiger charge is -2.12. The first-order chi connectivity index (χ1) is 14.5. The van der Waals surface area contributed by atoms with E-state index < -0.39 is 0 Å². The van der Waals surface area contributed by atoms with Gasteiger partial charge in [0.05, 0.1) is 12.0 Å². The molecule has 5 nitrogen and oxygen atoms in total. The number of nitrogens with zero attached hydrogens (tertiary/aromatic N) is 1. The largest absolute Gasteiger partial charge is 0.497 e. The van der Waals surface area contributed by atoms with Crippen LogP contribution in [0.2, 0.25) is 0 Å². The molecule has 8 heteroatoms. The summed E-state index contributed by atoms with van der Waals surface area (Å²) in [6.45, 7) is 4.78. The number of thiocarbonyl (C=S) groups is 1. The highest BCUT2D eigenvalue weighted by Gasteiger charge is 2.31. The van der Waals surface area contributed by atoms with Crippen LogP contribution in [0.4, 0.5) is 0 Å². The molecule has 1 amide bonds. The van der Waals surface area contributed by atoms with Gasteiger partial charge in [-0.1, -0.05) is 52.1 Å². The molecule has 0 spiro atoms. The highest BCUT2D eigenvalue weighted by molar-refractivity contribution is 9.10. The number of hydrogen-bond acceptors (Lipinski definition) is 6. The topological polar surface area (TPSA) is 48.0 Å². The van der Waals surface area contributed by atoms with E-state index in [2.05, 4.69) is 22.5 Å². The van der Waals surface area contributed by atoms with Gasteiger partial charge in [0.15, 0.2) is 0 Å². The van der Waals surface area contributed by atoms with E-state index in [0.717, 1.165) is 15.8 Å². The Morgan fingerprint density at radius 3 is 2.70 bits per heavy atom. The first-order valence-corrected chi connectivity index (χ1v) is 11.1. The maximum Gasteiger partial charge on any atom is 0.266 e. The third kappa shape index (κ3) is 5.65. The van der Waals surface area contributed by atoms with Gasteiger partial charge in [-0.2, -0.15) is 0 Å². The monoisotopic (exact) mass is 505 g/mol. The van der Waals surface area contributed by atoms with Gasteiger partial charge >= 0.3 is 0 Å². The van der Waals surface area contributed by atoms with Crippen molar-refractivity contribution in [2.45, 2.75) is 0 Å². The Kier molecular flexibility index (Phi) is 7.95. The molecule has 1 aliphatic rings. The van der Waals surface area contributed by atoms with Crippen molar-refractivity contribution in [1.29, 1.82) is 0 Å². The van der Waals surface area contributed by atoms with Crippen LogP contribution in [-0.2, 0) is 4.79 Å². The molecule has 0 atom stereocenters. The molecule has 0 bridgehead atoms. The lowest BCUT2D eigenvalue weighted by atomic mass is 10.2. The first kappa shape index (κ1) is 22.4. The summed E-state index contributed by atoms with van der Waals surface area (Å²) >= 11 is 10.0. The van der Waals surface area contributed by atoms with Gasteiger partial charge in [0.1, 0.15) is 34.8 Å². The van der Waals surface area contributed by atoms with Crippen molar-refractivity contribution in [1.82, 2.24) is 4.90 Å². The second kappa shape index (κ2) is 10.7. The molecule has 0 unspecified atom stereocenters. The van der Waals surface area contributed by atoms with Crippen LogP contribution < -0.4 is 14.2 Å². The zero-order valence-corrected chi connectivity index (χ0v) is 19.5. The number of halogens is 1. The number of thioether (sulfide) groups is 1. The average molecular weight is 506 g/mol. The quantitative estimate of drug-likeness (QED) is 0.199. The van der Waals surface area contributed by atoms with Crippen LogP contribution in [0.3, 0.4) is 0 Å². The van der Waals surface area contributed by atoms with Crippen LogP contribution >= 0.6 is 39.9 Å². The molecule has 0 radical (unpaired) electrons. The maximum absolute atomic E-state index is 12.6. The van der Waals surface area contributed by atoms with Gasteiger partial charge in [-0.05, 0) is 36.4 Å². The van der Waals surface area contributed by atoms with E-state index in [0.29, 0.717) is 40.5 Å². The van der Waals surface area contributed by atoms with Crippen molar-refractivity contribution >= 4 is 56.2 Å². The van der Waals surface area contributed by atoms with Crippen molar-refractivity contribution in [2.75, 3.05) is 26.9 Å². The van der Waals surface area contributed by atoms with E-state index in [4.69, 9.17) is 26.4 Å². The number of amides is 1. The summed E-state index contributed by atoms with van der Waals surface area (Å²) in [5, 5.41) is 0. The van der Waals surface area contributed by atoms with Crippen LogP contribution in [0, 0.1) is 0 Å². The summed E-state index contributed by atoms with van der Waals surface area (Å²) in [6, 6.07) is 13.0. The summed E-state index contributed by atoms with van der Waals surface area (Å²) < 4.78 is 18.2. The van der Waals surface area contributed by atoms with E-state index in [1.165, 1.54) is 16.7 Å². The Hall–Kier alpha value is -2.29. The minimum Gasteiger partial charge on any atom is -0.497 e. The van der Waals surface area contributed by atoms with Crippen molar-refractivity contribution in [3.05, 3.63) is 70.1 Å². The van der Waals surface area contributed by atoms with Gasteiger partial charge in [-0.25, -0.2) is 0 Å². The summed E-state index contributed by atoms with van der Waals surface area (Å²) in [5.74, 6) is 1.97. The number of rotatable bonds is 9. The van der Waals surface area contributed by atoms with E-state index in [1.54, 1.807) is 19.3 Å². The molecule has 1 heterocycles. The van der Waals surface area contributed by atoms with Crippen molar-refractivity contribution in [2.24, 2.45) is 0 Å². The molecule has 3 rings (SSSR count). The third-order valence-corrected chi connectivity index (χ3v) is 5.97. The predicted molar refractivity (Wildman–Crippen MR) is 128 cm³/mol. The van der Waals surface area contributed by atoms with Crippen LogP contribution in [0.15, 0.2) is 64.5 Å². The zero-order chi connectivity index (χ0) is 21.5. The number of carbonyl (C=O) groups is 1. The highest BCUT2D eigenvalue weighted by Crippen LogP contribution is 2.35. The van der Waals surface area contributed by atoms with Gasteiger partial charge < -0.3 is 14.2 Å². The third-order valence-electron chi connectivity index (χ3n) is 4.09. The van der Waals surface area contributed by atoms with E-state index in [-0.39, 0.29) is 5.91 Å². The van der Waals surface area contributed by atoms with Crippen molar-refractivity contribution in [3.63, 3.8) is 0 Å². The van der Waals surface area contributed by atoms with Crippen molar-refractivity contribution < 1.29 is 19.0 Å². The molecule has 2 aromatic rings. The van der Waals surface area contributed by atoms with Crippen LogP contribution in [-0.4, -0.2) is 42.0 Å². The van der Waals surface area contributed by atoms with E-state index in [9.17, 15) is 4.79 Å². The lowest BCUT2D eigenvalue weighted by Crippen LogP contribution is -2.27. The number of hydrogen-bond donors (Lipinski definition) is 0. The molecule has 2 aromatic carbocycles. The fourth-order valence-corrected chi connectivity index (χ4v) is 4.34. The predicted octanol–water partition coefficient (Wildman–Crippen LogP) is 5.30. The number of methoxy groups -OCH3 is 1. The first-order valence-electron chi connectivity index (χ1n) is 9.07. The zero-order valence-electron chi connectivity index (χ0n) is 16.3. The SMILES string of the molecule is C=CCN1C(=O)/C(=C/c2cc(Br)ccc2OCCOc2cccc(OC)c2)SC1=S. The minimum absolute atomic E-state index is 0.128. The Labute approximate surface area is 193 Å². The van der Waals surface area contributed by atoms with Crippen LogP contribution in [0.25, 0.3) is 6.08 Å². The van der Waals surface area contributed by atoms with Gasteiger partial charge in [0, 0.05) is 22.6 Å². The Balaban J connectivity index is 1.67. The molecule has 1 aliphatic heterocycles. The molecule has 0 aliphatic carbocycles. The average Bonchev–Trinajstić information content (AvgIpc) is 3.00. The van der Waals surface area contributed by atoms with Gasteiger partial charge in [0.2, 0.25) is 0 Å². The molecule has 156 valence electrons. The standard InChI is InChI=1S/C22H20BrNO4S2/c1-3-9-24-21(25)20(30-22(24)29)13-15-12-16(23)7-8-19(15)28-11-10-27-18-6-4-5-17(14-18)26-2/h3-8,12-14H,1,9-11H2,2H3/b20-13-. The molecule has 0 saturated carbocycles. The Morgan fingerprint density at radius 2 is 1.93 bits per heavy atom. The van der Waals surface area contributed by atoms with E-state index in [1.807, 2.05) is 42.5 Å². The van der Waals surface area contributed by atoms with E-state index >= 15 is 0 Å². The second-order valence-corrected chi connectivity index (χ2v) is 8.73. The molecule has 30 heavy (non-hydrogen) atoms. The second-order valence-electron chi connectivity index (χ2n) is 6.14. The lowest BCUT2D eigenvalue weighted by molar-refractivity contribution is -0.121. The normalized spacial score (nSPS) is 14.9. The maximum atomic E-state index is 12.6. The number of carbonyl (C=O) groups excluding carboxylic acids is 1. The smallest absolute Gasteiger partial charge is 0.266 e. The van der Waals surface area contributed by atoms with Gasteiger partial charge in [-0.3, -0.25) is 9.69 Å². The van der Waals surface area contributed by atoms with Crippen LogP contribution in [0.5, 0.6) is 17.2 Å². The molecular weight excluding hydrogens is 486 g/mol. The minimum atomic E-state index is -0.128. The summed E-state index contributed by atoms with van der Waals surface area (Å²) in [4.78, 5) is 14.7. The van der Waals surface area contributed by atoms with Crippen LogP contribution in [0.1, 0.15) is 5.56 Å². The van der Waals surface area contributed by atoms with Gasteiger partial charge in [-0.15, -0.1) is 6.58 Å². The summed E-state index contributed by atoms with van der Waals surface area (Å²) in [6.07, 6.45) is 3.45. The Bertz CT molecular complexity index is 993. The molecular formula is C22H20BrNO4S2. The molecule has 1 saturated heterocycles.